The maximum atomic E-state index is 5.24. The molecule has 0 unspecified atom stereocenters. The summed E-state index contributed by atoms with van der Waals surface area (Å²) < 4.78 is 0. The molecule has 10 aromatic rings. The fraction of sp³-hybridized carbons (Fsp3) is 0. The van der Waals surface area contributed by atoms with E-state index >= 15 is 0 Å². The van der Waals surface area contributed by atoms with Crippen LogP contribution in [0.3, 0.4) is 0 Å². The Morgan fingerprint density at radius 2 is 0.589 bits per heavy atom. The zero-order chi connectivity index (χ0) is 37.3. The second-order valence-corrected chi connectivity index (χ2v) is 14.3. The van der Waals surface area contributed by atoms with Gasteiger partial charge >= 0.3 is 0 Å². The number of hydrogen-bond acceptors (Lipinski definition) is 1. The van der Waals surface area contributed by atoms with Gasteiger partial charge < -0.3 is 0 Å². The van der Waals surface area contributed by atoms with Crippen molar-refractivity contribution in [1.29, 1.82) is 0 Å². The van der Waals surface area contributed by atoms with Crippen LogP contribution in [0.5, 0.6) is 0 Å². The lowest BCUT2D eigenvalue weighted by Gasteiger charge is -2.15. The first-order chi connectivity index (χ1) is 27.7. The van der Waals surface area contributed by atoms with Crippen molar-refractivity contribution in [2.45, 2.75) is 0 Å². The molecule has 262 valence electrons. The summed E-state index contributed by atoms with van der Waals surface area (Å²) in [4.78, 5) is 5.24. The van der Waals surface area contributed by atoms with Crippen molar-refractivity contribution in [3.63, 3.8) is 0 Å². The predicted octanol–water partition coefficient (Wildman–Crippen LogP) is 15.1. The topological polar surface area (TPSA) is 12.9 Å². The third kappa shape index (κ3) is 6.36. The van der Waals surface area contributed by atoms with E-state index in [1.54, 1.807) is 0 Å². The highest BCUT2D eigenvalue weighted by molar-refractivity contribution is 6.09. The summed E-state index contributed by atoms with van der Waals surface area (Å²) in [5.41, 5.74) is 17.4. The Kier molecular flexibility index (Phi) is 8.59. The number of pyridine rings is 1. The molecular weight excluding hydrogens is 675 g/mol. The van der Waals surface area contributed by atoms with Crippen LogP contribution >= 0.6 is 0 Å². The van der Waals surface area contributed by atoms with E-state index in [-0.39, 0.29) is 0 Å². The van der Waals surface area contributed by atoms with E-state index in [1.807, 2.05) is 0 Å². The molecule has 0 amide bonds. The van der Waals surface area contributed by atoms with Gasteiger partial charge in [-0.25, -0.2) is 4.98 Å². The van der Waals surface area contributed by atoms with Crippen LogP contribution in [0, 0.1) is 0 Å². The first-order valence-electron chi connectivity index (χ1n) is 19.2. The Morgan fingerprint density at radius 3 is 1.14 bits per heavy atom. The molecule has 0 saturated heterocycles. The average Bonchev–Trinajstić information content (AvgIpc) is 3.29. The molecule has 10 rings (SSSR count). The molecular formula is C55H37N. The first-order valence-corrected chi connectivity index (χ1v) is 19.2. The smallest absolute Gasteiger partial charge is 0.0716 e. The van der Waals surface area contributed by atoms with E-state index in [0.717, 1.165) is 27.7 Å². The maximum absolute atomic E-state index is 5.24. The van der Waals surface area contributed by atoms with Gasteiger partial charge in [0.25, 0.3) is 0 Å². The van der Waals surface area contributed by atoms with Crippen LogP contribution in [0.25, 0.3) is 99.7 Å². The Balaban J connectivity index is 1.02. The third-order valence-corrected chi connectivity index (χ3v) is 10.9. The van der Waals surface area contributed by atoms with Gasteiger partial charge in [0.1, 0.15) is 0 Å². The van der Waals surface area contributed by atoms with Crippen molar-refractivity contribution >= 4 is 21.7 Å². The highest BCUT2D eigenvalue weighted by Gasteiger charge is 2.15. The predicted molar refractivity (Wildman–Crippen MR) is 237 cm³/mol. The molecule has 1 heteroatoms. The number of hydrogen-bond donors (Lipinski definition) is 0. The minimum Gasteiger partial charge on any atom is -0.248 e. The molecule has 0 spiro atoms. The van der Waals surface area contributed by atoms with Crippen molar-refractivity contribution in [1.82, 2.24) is 4.98 Å². The standard InChI is InChI=1S/C55H37N/c1-3-15-38(16-4-1)40-19-11-20-41(33-40)42-21-12-22-43(34-42)44-23-13-24-45(35-44)46-25-14-26-47(36-46)55-37-53(52-29-9-10-30-54(52)56-55)51-32-31-48(39-17-5-2-6-18-39)49-27-7-8-28-50(49)51/h1-37H. The molecule has 56 heavy (non-hydrogen) atoms. The number of nitrogens with zero attached hydrogens (tertiary/aromatic N) is 1. The Bertz CT molecular complexity index is 3020. The van der Waals surface area contributed by atoms with Gasteiger partial charge in [0.05, 0.1) is 11.2 Å². The van der Waals surface area contributed by atoms with E-state index in [9.17, 15) is 0 Å². The van der Waals surface area contributed by atoms with E-state index in [0.29, 0.717) is 0 Å². The van der Waals surface area contributed by atoms with Gasteiger partial charge in [-0.3, -0.25) is 0 Å². The van der Waals surface area contributed by atoms with E-state index in [4.69, 9.17) is 4.98 Å². The van der Waals surface area contributed by atoms with E-state index < -0.39 is 0 Å². The maximum Gasteiger partial charge on any atom is 0.0716 e. The zero-order valence-corrected chi connectivity index (χ0v) is 30.8. The molecule has 1 nitrogen and oxygen atoms in total. The fourth-order valence-electron chi connectivity index (χ4n) is 8.07. The normalized spacial score (nSPS) is 11.2. The zero-order valence-electron chi connectivity index (χ0n) is 30.8. The van der Waals surface area contributed by atoms with Gasteiger partial charge in [-0.05, 0) is 114 Å². The fourth-order valence-corrected chi connectivity index (χ4v) is 8.07. The minimum atomic E-state index is 0.957. The minimum absolute atomic E-state index is 0.957. The van der Waals surface area contributed by atoms with Crippen LogP contribution in [0.1, 0.15) is 0 Å². The average molecular weight is 712 g/mol. The SMILES string of the molecule is c1ccc(-c2cccc(-c3cccc(-c4cccc(-c5cccc(-c6cc(-c7ccc(-c8ccccc8)c8ccccc78)c7ccccc7n6)c5)c4)c3)c2)cc1. The lowest BCUT2D eigenvalue weighted by atomic mass is 9.90. The summed E-state index contributed by atoms with van der Waals surface area (Å²) in [5.74, 6) is 0. The lowest BCUT2D eigenvalue weighted by Crippen LogP contribution is -1.92. The monoisotopic (exact) mass is 711 g/mol. The summed E-state index contributed by atoms with van der Waals surface area (Å²) in [6, 6.07) is 80.7. The number of aromatic nitrogens is 1. The summed E-state index contributed by atoms with van der Waals surface area (Å²) in [5, 5.41) is 3.62. The van der Waals surface area contributed by atoms with Gasteiger partial charge in [-0.2, -0.15) is 0 Å². The lowest BCUT2D eigenvalue weighted by molar-refractivity contribution is 1.40. The molecule has 1 aromatic heterocycles. The first kappa shape index (κ1) is 33.2. The summed E-state index contributed by atoms with van der Waals surface area (Å²) in [6.45, 7) is 0. The van der Waals surface area contributed by atoms with Crippen LogP contribution in [0.2, 0.25) is 0 Å². The second-order valence-electron chi connectivity index (χ2n) is 14.3. The largest absolute Gasteiger partial charge is 0.248 e. The summed E-state index contributed by atoms with van der Waals surface area (Å²) in [6.07, 6.45) is 0. The molecule has 0 aliphatic rings. The second kappa shape index (κ2) is 14.5. The molecule has 9 aromatic carbocycles. The molecule has 0 aliphatic carbocycles. The van der Waals surface area contributed by atoms with Gasteiger partial charge in [0.15, 0.2) is 0 Å². The molecule has 0 fully saturated rings. The van der Waals surface area contributed by atoms with Crippen molar-refractivity contribution in [3.8, 4) is 78.0 Å². The molecule has 0 aliphatic heterocycles. The molecule has 0 bridgehead atoms. The van der Waals surface area contributed by atoms with E-state index in [2.05, 4.69) is 224 Å². The number of para-hydroxylation sites is 1. The highest BCUT2D eigenvalue weighted by atomic mass is 14.7. The van der Waals surface area contributed by atoms with Crippen molar-refractivity contribution < 1.29 is 0 Å². The van der Waals surface area contributed by atoms with Gasteiger partial charge in [-0.15, -0.1) is 0 Å². The van der Waals surface area contributed by atoms with Gasteiger partial charge in [0.2, 0.25) is 0 Å². The highest BCUT2D eigenvalue weighted by Crippen LogP contribution is 2.40. The van der Waals surface area contributed by atoms with Crippen LogP contribution in [-0.2, 0) is 0 Å². The van der Waals surface area contributed by atoms with Crippen LogP contribution in [-0.4, -0.2) is 4.98 Å². The van der Waals surface area contributed by atoms with Crippen molar-refractivity contribution in [3.05, 3.63) is 224 Å². The van der Waals surface area contributed by atoms with E-state index in [1.165, 1.54) is 72.0 Å². The van der Waals surface area contributed by atoms with Crippen LogP contribution in [0.4, 0.5) is 0 Å². The van der Waals surface area contributed by atoms with Gasteiger partial charge in [-0.1, -0.05) is 188 Å². The molecule has 0 radical (unpaired) electrons. The van der Waals surface area contributed by atoms with Crippen molar-refractivity contribution in [2.75, 3.05) is 0 Å². The summed E-state index contributed by atoms with van der Waals surface area (Å²) in [7, 11) is 0. The molecule has 0 atom stereocenters. The van der Waals surface area contributed by atoms with Crippen LogP contribution in [0.15, 0.2) is 224 Å². The Labute approximate surface area is 327 Å². The summed E-state index contributed by atoms with van der Waals surface area (Å²) >= 11 is 0. The number of rotatable bonds is 7. The van der Waals surface area contributed by atoms with Crippen LogP contribution < -0.4 is 0 Å². The quantitative estimate of drug-likeness (QED) is 0.160. The van der Waals surface area contributed by atoms with Gasteiger partial charge in [0, 0.05) is 10.9 Å². The number of fused-ring (bicyclic) bond motifs is 2. The van der Waals surface area contributed by atoms with Crippen molar-refractivity contribution in [2.24, 2.45) is 0 Å². The molecule has 0 saturated carbocycles. The number of benzene rings is 9. The molecule has 0 N–H and O–H groups in total. The molecule has 1 heterocycles. The Hall–Kier alpha value is -7.35. The Morgan fingerprint density at radius 1 is 0.214 bits per heavy atom. The third-order valence-electron chi connectivity index (χ3n) is 10.9.